The Hall–Kier alpha value is -3.71. The summed E-state index contributed by atoms with van der Waals surface area (Å²) < 4.78 is 5.79. The summed E-state index contributed by atoms with van der Waals surface area (Å²) >= 11 is 1.57. The van der Waals surface area contributed by atoms with Crippen molar-refractivity contribution in [3.8, 4) is 22.1 Å². The predicted octanol–water partition coefficient (Wildman–Crippen LogP) is 4.69. The smallest absolute Gasteiger partial charge is 0.291 e. The minimum Gasteiger partial charge on any atom is -0.457 e. The van der Waals surface area contributed by atoms with Crippen molar-refractivity contribution >= 4 is 23.5 Å². The third kappa shape index (κ3) is 4.33. The zero-order chi connectivity index (χ0) is 19.2. The van der Waals surface area contributed by atoms with Gasteiger partial charge in [-0.2, -0.15) is 10.2 Å². The fourth-order valence-corrected chi connectivity index (χ4v) is 3.19. The van der Waals surface area contributed by atoms with Gasteiger partial charge in [-0.05, 0) is 47.3 Å². The minimum atomic E-state index is -0.382. The molecular weight excluding hydrogens is 372 g/mol. The molecule has 2 heterocycles. The lowest BCUT2D eigenvalue weighted by Gasteiger charge is -2.05. The molecule has 138 valence electrons. The zero-order valence-electron chi connectivity index (χ0n) is 14.7. The molecule has 0 unspecified atom stereocenters. The lowest BCUT2D eigenvalue weighted by atomic mass is 10.2. The van der Waals surface area contributed by atoms with E-state index in [0.29, 0.717) is 5.75 Å². The lowest BCUT2D eigenvalue weighted by molar-refractivity contribution is 0.0950. The fourth-order valence-electron chi connectivity index (χ4n) is 2.50. The van der Waals surface area contributed by atoms with Crippen molar-refractivity contribution in [3.05, 3.63) is 89.4 Å². The lowest BCUT2D eigenvalue weighted by Crippen LogP contribution is -2.17. The van der Waals surface area contributed by atoms with E-state index in [0.717, 1.165) is 21.9 Å². The number of hydrogen-bond acceptors (Lipinski definition) is 5. The Morgan fingerprint density at radius 2 is 1.89 bits per heavy atom. The molecule has 0 atom stereocenters. The second-order valence-corrected chi connectivity index (χ2v) is 6.78. The summed E-state index contributed by atoms with van der Waals surface area (Å²) in [6, 6.07) is 22.6. The number of aromatic amines is 1. The van der Waals surface area contributed by atoms with E-state index >= 15 is 0 Å². The van der Waals surface area contributed by atoms with E-state index in [9.17, 15) is 4.79 Å². The molecule has 0 radical (unpaired) electrons. The quantitative estimate of drug-likeness (QED) is 0.371. The van der Waals surface area contributed by atoms with E-state index in [2.05, 4.69) is 20.7 Å². The van der Waals surface area contributed by atoms with Crippen LogP contribution in [0.15, 0.2) is 83.3 Å². The van der Waals surface area contributed by atoms with Crippen LogP contribution in [0.5, 0.6) is 11.5 Å². The van der Waals surface area contributed by atoms with Gasteiger partial charge in [0.1, 0.15) is 11.5 Å². The molecule has 0 saturated carbocycles. The Balaban J connectivity index is 1.38. The summed E-state index contributed by atoms with van der Waals surface area (Å²) in [6.45, 7) is 0. The van der Waals surface area contributed by atoms with Crippen LogP contribution >= 0.6 is 11.3 Å². The van der Waals surface area contributed by atoms with Gasteiger partial charge in [-0.15, -0.1) is 11.3 Å². The first kappa shape index (κ1) is 17.7. The van der Waals surface area contributed by atoms with Crippen LogP contribution in [0.3, 0.4) is 0 Å². The van der Waals surface area contributed by atoms with Crippen LogP contribution in [0.25, 0.3) is 10.6 Å². The van der Waals surface area contributed by atoms with Crippen molar-refractivity contribution in [2.45, 2.75) is 0 Å². The van der Waals surface area contributed by atoms with Crippen LogP contribution < -0.4 is 10.2 Å². The Bertz CT molecular complexity index is 1090. The number of amides is 1. The van der Waals surface area contributed by atoms with Gasteiger partial charge in [0.25, 0.3) is 5.91 Å². The highest BCUT2D eigenvalue weighted by Gasteiger charge is 2.11. The van der Waals surface area contributed by atoms with E-state index in [1.807, 2.05) is 72.1 Å². The molecule has 0 fully saturated rings. The van der Waals surface area contributed by atoms with Crippen molar-refractivity contribution < 1.29 is 9.53 Å². The van der Waals surface area contributed by atoms with Gasteiger partial charge in [0.05, 0.1) is 16.8 Å². The van der Waals surface area contributed by atoms with Crippen molar-refractivity contribution in [1.29, 1.82) is 0 Å². The summed E-state index contributed by atoms with van der Waals surface area (Å²) in [5.74, 6) is 1.06. The van der Waals surface area contributed by atoms with E-state index in [1.165, 1.54) is 0 Å². The number of carbonyl (C=O) groups excluding carboxylic acids is 1. The Kier molecular flexibility index (Phi) is 5.26. The largest absolute Gasteiger partial charge is 0.457 e. The first-order chi connectivity index (χ1) is 13.8. The summed E-state index contributed by atoms with van der Waals surface area (Å²) in [5, 5.41) is 12.9. The predicted molar refractivity (Wildman–Crippen MR) is 110 cm³/mol. The van der Waals surface area contributed by atoms with Gasteiger partial charge < -0.3 is 4.74 Å². The number of rotatable bonds is 6. The summed E-state index contributed by atoms with van der Waals surface area (Å²) in [7, 11) is 0. The van der Waals surface area contributed by atoms with Crippen molar-refractivity contribution in [2.75, 3.05) is 0 Å². The van der Waals surface area contributed by atoms with Crippen LogP contribution in [0.2, 0.25) is 0 Å². The maximum Gasteiger partial charge on any atom is 0.291 e. The van der Waals surface area contributed by atoms with Gasteiger partial charge in [-0.25, -0.2) is 5.43 Å². The Labute approximate surface area is 165 Å². The Morgan fingerprint density at radius 3 is 2.71 bits per heavy atom. The van der Waals surface area contributed by atoms with E-state index < -0.39 is 0 Å². The van der Waals surface area contributed by atoms with Crippen molar-refractivity contribution in [2.24, 2.45) is 5.10 Å². The molecule has 2 aromatic carbocycles. The molecular formula is C21H16N4O2S. The third-order valence-electron chi connectivity index (χ3n) is 3.81. The van der Waals surface area contributed by atoms with Gasteiger partial charge >= 0.3 is 0 Å². The number of hydrazone groups is 1. The number of aromatic nitrogens is 2. The van der Waals surface area contributed by atoms with Gasteiger partial charge in [0.15, 0.2) is 5.69 Å². The second kappa shape index (κ2) is 8.32. The molecule has 0 aliphatic carbocycles. The number of nitrogens with zero attached hydrogens (tertiary/aromatic N) is 2. The monoisotopic (exact) mass is 388 g/mol. The van der Waals surface area contributed by atoms with Crippen LogP contribution in [-0.2, 0) is 0 Å². The number of H-pyrrole nitrogens is 1. The number of hydrogen-bond donors (Lipinski definition) is 2. The van der Waals surface area contributed by atoms with Gasteiger partial charge in [0, 0.05) is 0 Å². The molecule has 0 spiro atoms. The van der Waals surface area contributed by atoms with Crippen LogP contribution in [0.4, 0.5) is 0 Å². The minimum absolute atomic E-state index is 0.279. The number of carbonyl (C=O) groups is 1. The second-order valence-electron chi connectivity index (χ2n) is 5.83. The fraction of sp³-hybridized carbons (Fsp3) is 0. The topological polar surface area (TPSA) is 79.4 Å². The molecule has 2 N–H and O–H groups in total. The van der Waals surface area contributed by atoms with E-state index in [4.69, 9.17) is 4.74 Å². The number of nitrogens with one attached hydrogen (secondary N) is 2. The van der Waals surface area contributed by atoms with Gasteiger partial charge in [0.2, 0.25) is 0 Å². The zero-order valence-corrected chi connectivity index (χ0v) is 15.5. The highest BCUT2D eigenvalue weighted by atomic mass is 32.1. The molecule has 7 heteroatoms. The van der Waals surface area contributed by atoms with Gasteiger partial charge in [-0.3, -0.25) is 9.89 Å². The van der Waals surface area contributed by atoms with Crippen molar-refractivity contribution in [3.63, 3.8) is 0 Å². The van der Waals surface area contributed by atoms with Crippen molar-refractivity contribution in [1.82, 2.24) is 15.6 Å². The molecule has 28 heavy (non-hydrogen) atoms. The van der Waals surface area contributed by atoms with Crippen LogP contribution in [0.1, 0.15) is 16.1 Å². The summed E-state index contributed by atoms with van der Waals surface area (Å²) in [6.07, 6.45) is 1.56. The maximum absolute atomic E-state index is 12.2. The van der Waals surface area contributed by atoms with E-state index in [-0.39, 0.29) is 11.6 Å². The first-order valence-corrected chi connectivity index (χ1v) is 9.41. The molecule has 2 aromatic heterocycles. The molecule has 4 aromatic rings. The molecule has 1 amide bonds. The maximum atomic E-state index is 12.2. The first-order valence-electron chi connectivity index (χ1n) is 8.53. The summed E-state index contributed by atoms with van der Waals surface area (Å²) in [4.78, 5) is 13.2. The average Bonchev–Trinajstić information content (AvgIpc) is 3.41. The number of benzene rings is 2. The molecule has 6 nitrogen and oxygen atoms in total. The standard InChI is InChI=1S/C21H16N4O2S/c26-21(19-13-18(23-24-19)20-10-5-11-28-20)25-22-14-15-6-4-9-17(12-15)27-16-7-2-1-3-8-16/h1-14H,(H,23,24)(H,25,26)/b22-14+. The average molecular weight is 388 g/mol. The van der Waals surface area contributed by atoms with E-state index in [1.54, 1.807) is 23.6 Å². The molecule has 0 aliphatic heterocycles. The normalized spacial score (nSPS) is 10.9. The summed E-state index contributed by atoms with van der Waals surface area (Å²) in [5.41, 5.74) is 4.37. The molecule has 4 rings (SSSR count). The van der Waals surface area contributed by atoms with Gasteiger partial charge in [-0.1, -0.05) is 36.4 Å². The Morgan fingerprint density at radius 1 is 1.04 bits per heavy atom. The molecule has 0 aliphatic rings. The number of thiophene rings is 1. The molecule has 0 bridgehead atoms. The number of ether oxygens (including phenoxy) is 1. The number of para-hydroxylation sites is 1. The SMILES string of the molecule is O=C(N/N=C/c1cccc(Oc2ccccc2)c1)c1cc(-c2cccs2)[nH]n1. The highest BCUT2D eigenvalue weighted by molar-refractivity contribution is 7.13. The molecule has 0 saturated heterocycles. The van der Waals surface area contributed by atoms with Crippen LogP contribution in [0, 0.1) is 0 Å². The highest BCUT2D eigenvalue weighted by Crippen LogP contribution is 2.23. The third-order valence-corrected chi connectivity index (χ3v) is 4.72. The van der Waals surface area contributed by atoms with Crippen LogP contribution in [-0.4, -0.2) is 22.3 Å².